The van der Waals surface area contributed by atoms with Gasteiger partial charge in [0.25, 0.3) is 0 Å². The summed E-state index contributed by atoms with van der Waals surface area (Å²) >= 11 is 1.51. The van der Waals surface area contributed by atoms with Crippen molar-refractivity contribution >= 4 is 43.2 Å². The number of rotatable bonds is 7. The van der Waals surface area contributed by atoms with E-state index in [2.05, 4.69) is 15.6 Å². The van der Waals surface area contributed by atoms with Crippen LogP contribution in [0.3, 0.4) is 0 Å². The van der Waals surface area contributed by atoms with Gasteiger partial charge in [-0.3, -0.25) is 4.98 Å². The van der Waals surface area contributed by atoms with Crippen LogP contribution >= 0.6 is 11.3 Å². The summed E-state index contributed by atoms with van der Waals surface area (Å²) in [5.41, 5.74) is 1.53. The zero-order valence-corrected chi connectivity index (χ0v) is 22.4. The van der Waals surface area contributed by atoms with Crippen LogP contribution in [0.2, 0.25) is 0 Å². The highest BCUT2D eigenvalue weighted by Gasteiger charge is 2.51. The molecule has 194 valence electrons. The van der Waals surface area contributed by atoms with Crippen molar-refractivity contribution in [2.24, 2.45) is 5.92 Å². The van der Waals surface area contributed by atoms with E-state index in [9.17, 15) is 18.6 Å². The number of aliphatic hydroxyl groups is 2. The molecule has 2 aliphatic rings. The zero-order chi connectivity index (χ0) is 25.8. The van der Waals surface area contributed by atoms with Crippen molar-refractivity contribution in [1.29, 1.82) is 0 Å². The fraction of sp³-hybridized carbons (Fsp3) is 0.583. The van der Waals surface area contributed by atoms with Gasteiger partial charge in [-0.2, -0.15) is 4.98 Å². The van der Waals surface area contributed by atoms with Crippen LogP contribution in [0.15, 0.2) is 12.3 Å². The summed E-state index contributed by atoms with van der Waals surface area (Å²) in [6.07, 6.45) is 5.28. The Kier molecular flexibility index (Phi) is 6.42. The summed E-state index contributed by atoms with van der Waals surface area (Å²) in [5.74, 6) is 0.193. The number of sulfone groups is 1. The molecule has 4 atom stereocenters. The van der Waals surface area contributed by atoms with Gasteiger partial charge in [0.2, 0.25) is 5.95 Å². The van der Waals surface area contributed by atoms with Gasteiger partial charge in [-0.25, -0.2) is 18.4 Å². The largest absolute Gasteiger partial charge is 0.390 e. The summed E-state index contributed by atoms with van der Waals surface area (Å²) in [5, 5.41) is 29.5. The fourth-order valence-electron chi connectivity index (χ4n) is 5.09. The summed E-state index contributed by atoms with van der Waals surface area (Å²) in [4.78, 5) is 18.7. The Balaban J connectivity index is 1.55. The summed E-state index contributed by atoms with van der Waals surface area (Å²) in [7, 11) is -3.33. The number of aliphatic hydroxyl groups excluding tert-OH is 1. The lowest BCUT2D eigenvalue weighted by molar-refractivity contribution is -0.0557. The van der Waals surface area contributed by atoms with Crippen molar-refractivity contribution in [3.63, 3.8) is 0 Å². The second kappa shape index (κ2) is 9.16. The second-order valence-corrected chi connectivity index (χ2v) is 13.6. The molecule has 36 heavy (non-hydrogen) atoms. The third-order valence-corrected chi connectivity index (χ3v) is 9.42. The van der Waals surface area contributed by atoms with Crippen LogP contribution in [-0.2, 0) is 9.84 Å². The minimum absolute atomic E-state index is 0.198. The molecule has 0 saturated heterocycles. The first-order chi connectivity index (χ1) is 16.9. The molecule has 0 aliphatic heterocycles. The van der Waals surface area contributed by atoms with E-state index < -0.39 is 33.5 Å². The van der Waals surface area contributed by atoms with Crippen LogP contribution in [0.1, 0.15) is 44.0 Å². The maximum absolute atomic E-state index is 11.9. The Labute approximate surface area is 214 Å². The Morgan fingerprint density at radius 1 is 1.17 bits per heavy atom. The molecule has 2 saturated carbocycles. The minimum Gasteiger partial charge on any atom is -0.390 e. The molecule has 0 spiro atoms. The Bertz CT molecular complexity index is 1400. The van der Waals surface area contributed by atoms with Crippen molar-refractivity contribution in [2.75, 3.05) is 22.6 Å². The molecule has 12 heteroatoms. The highest BCUT2D eigenvalue weighted by molar-refractivity contribution is 7.90. The molecular formula is C24H32N6O4S2. The molecule has 0 unspecified atom stereocenters. The first-order valence-corrected chi connectivity index (χ1v) is 15.0. The van der Waals surface area contributed by atoms with Crippen molar-refractivity contribution in [2.45, 2.75) is 70.2 Å². The van der Waals surface area contributed by atoms with Gasteiger partial charge in [0.15, 0.2) is 0 Å². The first-order valence-electron chi connectivity index (χ1n) is 12.1. The first kappa shape index (κ1) is 25.2. The number of nitrogens with one attached hydrogen (secondary N) is 2. The summed E-state index contributed by atoms with van der Waals surface area (Å²) < 4.78 is 24.9. The van der Waals surface area contributed by atoms with Crippen molar-refractivity contribution in [1.82, 2.24) is 19.9 Å². The summed E-state index contributed by atoms with van der Waals surface area (Å²) in [6.45, 7) is 5.35. The smallest absolute Gasteiger partial charge is 0.225 e. The van der Waals surface area contributed by atoms with Gasteiger partial charge in [0.1, 0.15) is 31.8 Å². The number of hydrogen-bond acceptors (Lipinski definition) is 11. The van der Waals surface area contributed by atoms with E-state index in [4.69, 9.17) is 15.0 Å². The monoisotopic (exact) mass is 532 g/mol. The molecule has 3 heterocycles. The third kappa shape index (κ3) is 4.79. The molecule has 0 bridgehead atoms. The van der Waals surface area contributed by atoms with Gasteiger partial charge in [-0.05, 0) is 52.5 Å². The normalized spacial score (nSPS) is 26.8. The molecule has 0 radical (unpaired) electrons. The van der Waals surface area contributed by atoms with E-state index in [1.807, 2.05) is 19.9 Å². The third-order valence-electron chi connectivity index (χ3n) is 7.35. The molecule has 3 aromatic heterocycles. The van der Waals surface area contributed by atoms with E-state index in [1.165, 1.54) is 24.7 Å². The highest BCUT2D eigenvalue weighted by atomic mass is 32.2. The molecule has 0 amide bonds. The van der Waals surface area contributed by atoms with Crippen LogP contribution in [0.5, 0.6) is 0 Å². The van der Waals surface area contributed by atoms with Crippen LogP contribution in [-0.4, -0.2) is 74.4 Å². The molecular weight excluding hydrogens is 500 g/mol. The van der Waals surface area contributed by atoms with Crippen molar-refractivity contribution < 1.29 is 18.6 Å². The molecule has 4 N–H and O–H groups in total. The quantitative estimate of drug-likeness (QED) is 0.358. The number of pyridine rings is 1. The number of nitrogens with zero attached hydrogens (tertiary/aromatic N) is 4. The second-order valence-electron chi connectivity index (χ2n) is 10.3. The molecule has 3 aromatic rings. The van der Waals surface area contributed by atoms with Crippen LogP contribution < -0.4 is 10.6 Å². The lowest BCUT2D eigenvalue weighted by atomic mass is 9.93. The SMILES string of the molecule is Cc1nc(NC2CCC2)nc(N[C@@H]2C[C@H](CS(C)(=O)=O)[C@@H](O)[C@@]2(C)O)c1-c1nc2c(C)nccc2s1. The van der Waals surface area contributed by atoms with E-state index in [0.29, 0.717) is 23.4 Å². The average Bonchev–Trinajstić information content (AvgIpc) is 3.26. The van der Waals surface area contributed by atoms with Crippen LogP contribution in [0, 0.1) is 19.8 Å². The lowest BCUT2D eigenvalue weighted by Crippen LogP contribution is -2.48. The molecule has 2 fully saturated rings. The minimum atomic E-state index is -3.33. The maximum Gasteiger partial charge on any atom is 0.225 e. The van der Waals surface area contributed by atoms with Gasteiger partial charge >= 0.3 is 0 Å². The van der Waals surface area contributed by atoms with E-state index in [0.717, 1.165) is 45.7 Å². The Morgan fingerprint density at radius 3 is 2.56 bits per heavy atom. The van der Waals surface area contributed by atoms with Gasteiger partial charge < -0.3 is 20.8 Å². The molecule has 2 aliphatic carbocycles. The maximum atomic E-state index is 11.9. The van der Waals surface area contributed by atoms with Gasteiger partial charge in [0.05, 0.1) is 39.5 Å². The number of thiazole rings is 1. The van der Waals surface area contributed by atoms with Crippen molar-refractivity contribution in [3.05, 3.63) is 23.7 Å². The van der Waals surface area contributed by atoms with E-state index in [1.54, 1.807) is 6.20 Å². The van der Waals surface area contributed by atoms with Gasteiger partial charge in [-0.15, -0.1) is 11.3 Å². The average molecular weight is 533 g/mol. The number of fused-ring (bicyclic) bond motifs is 1. The van der Waals surface area contributed by atoms with Crippen LogP contribution in [0.25, 0.3) is 20.8 Å². The summed E-state index contributed by atoms with van der Waals surface area (Å²) in [6, 6.07) is 1.63. The van der Waals surface area contributed by atoms with Crippen LogP contribution in [0.4, 0.5) is 11.8 Å². The van der Waals surface area contributed by atoms with Gasteiger partial charge in [0, 0.05) is 24.4 Å². The number of hydrogen-bond donors (Lipinski definition) is 4. The highest BCUT2D eigenvalue weighted by Crippen LogP contribution is 2.41. The molecule has 0 aromatic carbocycles. The Hall–Kier alpha value is -2.41. The lowest BCUT2D eigenvalue weighted by Gasteiger charge is -2.31. The molecule has 5 rings (SSSR count). The topological polar surface area (TPSA) is 150 Å². The number of aromatic nitrogens is 4. The van der Waals surface area contributed by atoms with E-state index in [-0.39, 0.29) is 12.2 Å². The zero-order valence-electron chi connectivity index (χ0n) is 20.8. The molecule has 10 nitrogen and oxygen atoms in total. The fourth-order valence-corrected chi connectivity index (χ4v) is 7.30. The van der Waals surface area contributed by atoms with Gasteiger partial charge in [-0.1, -0.05) is 0 Å². The Morgan fingerprint density at radius 2 is 1.92 bits per heavy atom. The predicted molar refractivity (Wildman–Crippen MR) is 141 cm³/mol. The standard InChI is InChI=1S/C24H32N6O4S2/c1-12-18(22-29-19-13(2)25-9-8-16(19)35-22)21(30-23(26-12)27-15-6-5-7-15)28-17-10-14(11-36(4,33)34)20(31)24(17,3)32/h8-9,14-15,17,20,31-32H,5-7,10-11H2,1-4H3,(H2,26,27,28,30)/t14-,17-,20-,24+/m1/s1. The predicted octanol–water partition coefficient (Wildman–Crippen LogP) is 2.69. The number of anilines is 2. The number of aryl methyl sites for hydroxylation is 2. The van der Waals surface area contributed by atoms with Crippen molar-refractivity contribution in [3.8, 4) is 10.6 Å². The van der Waals surface area contributed by atoms with E-state index >= 15 is 0 Å².